The Morgan fingerprint density at radius 1 is 0.556 bits per heavy atom. The van der Waals surface area contributed by atoms with Crippen LogP contribution in [0, 0.1) is 34.0 Å². The number of unbranched alkanes of at least 4 members (excludes halogenated alkanes) is 8. The molecule has 3 heteroatoms. The molecule has 0 N–H and O–H groups in total. The number of hydrogen-bond acceptors (Lipinski definition) is 2. The quantitative estimate of drug-likeness (QED) is 0.0923. The van der Waals surface area contributed by atoms with Gasteiger partial charge in [0.05, 0.1) is 0 Å². The Labute approximate surface area is 283 Å². The van der Waals surface area contributed by atoms with Crippen LogP contribution in [0.5, 0.6) is 0 Å². The van der Waals surface area contributed by atoms with Crippen molar-refractivity contribution in [3.63, 3.8) is 0 Å². The fraction of sp³-hybridized carbons (Fsp3) is 0.690. The molecule has 0 radical (unpaired) electrons. The van der Waals surface area contributed by atoms with Crippen LogP contribution in [0.25, 0.3) is 0 Å². The van der Waals surface area contributed by atoms with E-state index in [0.29, 0.717) is 24.2 Å². The van der Waals surface area contributed by atoms with E-state index in [1.807, 2.05) is 0 Å². The third-order valence-electron chi connectivity index (χ3n) is 11.4. The topological polar surface area (TPSA) is 26.3 Å². The van der Waals surface area contributed by atoms with Gasteiger partial charge in [0.15, 0.2) is 0 Å². The second-order valence-electron chi connectivity index (χ2n) is 16.4. The molecule has 3 atom stereocenters. The van der Waals surface area contributed by atoms with Crippen LogP contribution in [0.2, 0.25) is 13.3 Å². The Hall–Kier alpha value is -1.29. The first-order valence-electron chi connectivity index (χ1n) is 18.7. The van der Waals surface area contributed by atoms with Gasteiger partial charge in [0.25, 0.3) is 0 Å². The molecule has 3 unspecified atom stereocenters. The zero-order chi connectivity index (χ0) is 32.8. The molecule has 0 spiro atoms. The van der Waals surface area contributed by atoms with Gasteiger partial charge in [0, 0.05) is 0 Å². The van der Waals surface area contributed by atoms with Crippen LogP contribution in [0.15, 0.2) is 72.9 Å². The molecule has 3 aliphatic rings. The molecule has 0 aliphatic heterocycles. The van der Waals surface area contributed by atoms with Crippen LogP contribution in [-0.4, -0.2) is 24.8 Å². The standard InChI is InChI=1S/C12H24O2.3C10H15.Sn/c1-2-3-4-5-6-7-8-9-10-11-12(13)14;3*1-4-9-7-5-6-8-10(9,2)3;/h2-11H2,1H3,(H,13,14);3*5-9H,1,4H2,2-3H3;/q;;;;+1/p-1. The molecule has 2 nitrogen and oxygen atoms in total. The van der Waals surface area contributed by atoms with Gasteiger partial charge < -0.3 is 0 Å². The van der Waals surface area contributed by atoms with E-state index in [2.05, 4.69) is 121 Å². The van der Waals surface area contributed by atoms with Crippen molar-refractivity contribution in [2.45, 2.75) is 145 Å². The van der Waals surface area contributed by atoms with E-state index >= 15 is 0 Å². The van der Waals surface area contributed by atoms with Crippen molar-refractivity contribution in [3.05, 3.63) is 72.9 Å². The SMILES string of the molecule is CCCCCCCCCCCC(=O)[O][Sn]([CH2]CC1C=CC=CC1(C)C)([CH2]CC1C=CC=CC1(C)C)[CH2]CC1C=CC=CC1(C)C. The summed E-state index contributed by atoms with van der Waals surface area (Å²) in [4.78, 5) is 13.8. The van der Waals surface area contributed by atoms with E-state index in [0.717, 1.165) is 45.4 Å². The first kappa shape index (κ1) is 38.2. The number of hydrogen-bond donors (Lipinski definition) is 0. The Morgan fingerprint density at radius 2 is 0.911 bits per heavy atom. The predicted molar refractivity (Wildman–Crippen MR) is 199 cm³/mol. The van der Waals surface area contributed by atoms with E-state index in [1.165, 1.54) is 44.9 Å². The molecule has 252 valence electrons. The maximum absolute atomic E-state index is 13.8. The average molecular weight is 724 g/mol. The Kier molecular flexibility index (Phi) is 15.5. The molecule has 0 aromatic heterocycles. The molecule has 0 aromatic carbocycles. The fourth-order valence-corrected chi connectivity index (χ4v) is 19.5. The summed E-state index contributed by atoms with van der Waals surface area (Å²) in [5, 5.41) is 0. The van der Waals surface area contributed by atoms with Gasteiger partial charge in [-0.25, -0.2) is 0 Å². The summed E-state index contributed by atoms with van der Waals surface area (Å²) >= 11 is -3.42. The summed E-state index contributed by atoms with van der Waals surface area (Å²) in [6, 6.07) is 0. The summed E-state index contributed by atoms with van der Waals surface area (Å²) < 4.78 is 10.4. The summed E-state index contributed by atoms with van der Waals surface area (Å²) in [7, 11) is 0. The van der Waals surface area contributed by atoms with Crippen molar-refractivity contribution in [1.82, 2.24) is 0 Å². The second kappa shape index (κ2) is 18.3. The van der Waals surface area contributed by atoms with E-state index in [4.69, 9.17) is 3.07 Å². The van der Waals surface area contributed by atoms with Crippen LogP contribution in [0.4, 0.5) is 0 Å². The average Bonchev–Trinajstić information content (AvgIpc) is 2.98. The second-order valence-corrected chi connectivity index (χ2v) is 28.0. The van der Waals surface area contributed by atoms with Crippen molar-refractivity contribution < 1.29 is 7.87 Å². The van der Waals surface area contributed by atoms with E-state index in [-0.39, 0.29) is 22.2 Å². The van der Waals surface area contributed by atoms with Crippen molar-refractivity contribution in [2.24, 2.45) is 34.0 Å². The Bertz CT molecular complexity index is 975. The van der Waals surface area contributed by atoms with Crippen LogP contribution in [0.3, 0.4) is 0 Å². The first-order valence-corrected chi connectivity index (χ1v) is 25.9. The number of carbonyl (C=O) groups is 1. The molecular formula is C42H68O2Sn. The van der Waals surface area contributed by atoms with Gasteiger partial charge >= 0.3 is 278 Å². The van der Waals surface area contributed by atoms with E-state index in [9.17, 15) is 4.79 Å². The number of allylic oxidation sites excluding steroid dienone is 12. The third kappa shape index (κ3) is 12.7. The van der Waals surface area contributed by atoms with Crippen LogP contribution >= 0.6 is 0 Å². The van der Waals surface area contributed by atoms with Gasteiger partial charge in [-0.15, -0.1) is 0 Å². The van der Waals surface area contributed by atoms with E-state index in [1.54, 1.807) is 0 Å². The summed E-state index contributed by atoms with van der Waals surface area (Å²) in [5.41, 5.74) is 0.431. The van der Waals surface area contributed by atoms with Crippen LogP contribution in [0.1, 0.15) is 132 Å². The molecule has 0 saturated heterocycles. The molecule has 0 aromatic rings. The number of carbonyl (C=O) groups excluding carboxylic acids is 1. The molecular weight excluding hydrogens is 655 g/mol. The third-order valence-corrected chi connectivity index (χ3v) is 23.5. The number of rotatable bonds is 20. The van der Waals surface area contributed by atoms with Gasteiger partial charge in [0.1, 0.15) is 0 Å². The van der Waals surface area contributed by atoms with Crippen molar-refractivity contribution in [3.8, 4) is 0 Å². The summed E-state index contributed by atoms with van der Waals surface area (Å²) in [6.07, 6.45) is 43.0. The Morgan fingerprint density at radius 3 is 1.27 bits per heavy atom. The van der Waals surface area contributed by atoms with Crippen molar-refractivity contribution in [1.29, 1.82) is 0 Å². The molecule has 0 amide bonds. The van der Waals surface area contributed by atoms with Gasteiger partial charge in [0.2, 0.25) is 0 Å². The first-order chi connectivity index (χ1) is 21.4. The fourth-order valence-electron chi connectivity index (χ4n) is 7.68. The van der Waals surface area contributed by atoms with Crippen molar-refractivity contribution >= 4 is 24.8 Å². The maximum atomic E-state index is 13.8. The molecule has 0 bridgehead atoms. The zero-order valence-electron chi connectivity index (χ0n) is 30.3. The van der Waals surface area contributed by atoms with E-state index < -0.39 is 18.8 Å². The molecule has 45 heavy (non-hydrogen) atoms. The van der Waals surface area contributed by atoms with Gasteiger partial charge in [-0.3, -0.25) is 0 Å². The van der Waals surface area contributed by atoms with Crippen molar-refractivity contribution in [2.75, 3.05) is 0 Å². The summed E-state index contributed by atoms with van der Waals surface area (Å²) in [5.74, 6) is 1.61. The molecule has 3 rings (SSSR count). The minimum absolute atomic E-state index is 0.115. The molecule has 0 fully saturated rings. The normalized spacial score (nSPS) is 25.4. The minimum atomic E-state index is -3.42. The van der Waals surface area contributed by atoms with Gasteiger partial charge in [-0.1, -0.05) is 6.92 Å². The van der Waals surface area contributed by atoms with Crippen LogP contribution in [-0.2, 0) is 7.87 Å². The summed E-state index contributed by atoms with van der Waals surface area (Å²) in [6.45, 7) is 16.5. The monoisotopic (exact) mass is 724 g/mol. The molecule has 3 aliphatic carbocycles. The van der Waals surface area contributed by atoms with Gasteiger partial charge in [-0.05, 0) is 0 Å². The Balaban J connectivity index is 1.74. The van der Waals surface area contributed by atoms with Crippen LogP contribution < -0.4 is 0 Å². The zero-order valence-corrected chi connectivity index (χ0v) is 33.1. The van der Waals surface area contributed by atoms with Gasteiger partial charge in [-0.2, -0.15) is 0 Å². The predicted octanol–water partition coefficient (Wildman–Crippen LogP) is 12.9. The molecule has 0 saturated carbocycles. The molecule has 0 heterocycles.